The minimum atomic E-state index is -0.155. The lowest BCUT2D eigenvalue weighted by atomic mass is 10.0. The van der Waals surface area contributed by atoms with Crippen LogP contribution in [0.4, 0.5) is 9.59 Å². The normalized spacial score (nSPS) is 23.2. The topological polar surface area (TPSA) is 82.3 Å². The first kappa shape index (κ1) is 7.20. The quantitative estimate of drug-likeness (QED) is 0.424. The predicted molar refractivity (Wildman–Crippen MR) is 40.1 cm³/mol. The highest BCUT2D eigenvalue weighted by molar-refractivity contribution is 5.81. The molecule has 4 amide bonds. The summed E-state index contributed by atoms with van der Waals surface area (Å²) in [4.78, 5) is 21.0. The van der Waals surface area contributed by atoms with Crippen molar-refractivity contribution >= 4 is 12.1 Å². The van der Waals surface area contributed by atoms with E-state index >= 15 is 0 Å². The second kappa shape index (κ2) is 2.26. The Labute approximate surface area is 69.1 Å². The summed E-state index contributed by atoms with van der Waals surface area (Å²) in [6.07, 6.45) is -0.0637. The van der Waals surface area contributed by atoms with Gasteiger partial charge in [0.05, 0.1) is 0 Å². The Hall–Kier alpha value is -1.46. The first-order chi connectivity index (χ1) is 5.66. The van der Waals surface area contributed by atoms with Gasteiger partial charge in [-0.15, -0.1) is 0 Å². The Bertz CT molecular complexity index is 202. The number of amides is 4. The van der Waals surface area contributed by atoms with Crippen LogP contribution in [-0.2, 0) is 0 Å². The van der Waals surface area contributed by atoms with Gasteiger partial charge in [0.15, 0.2) is 0 Å². The van der Waals surface area contributed by atoms with Gasteiger partial charge in [0, 0.05) is 5.92 Å². The monoisotopic (exact) mass is 170 g/mol. The number of hydrogen-bond acceptors (Lipinski definition) is 2. The average Bonchev–Trinajstić information content (AvgIpc) is 1.91. The molecule has 0 aliphatic carbocycles. The summed E-state index contributed by atoms with van der Waals surface area (Å²) < 4.78 is 0. The molecule has 12 heavy (non-hydrogen) atoms. The highest BCUT2D eigenvalue weighted by atomic mass is 16.2. The first-order valence-corrected chi connectivity index (χ1v) is 3.81. The van der Waals surface area contributed by atoms with Crippen LogP contribution in [0.2, 0.25) is 0 Å². The van der Waals surface area contributed by atoms with Crippen LogP contribution in [0, 0.1) is 5.92 Å². The molecular weight excluding hydrogens is 160 g/mol. The van der Waals surface area contributed by atoms with Gasteiger partial charge in [-0.3, -0.25) is 0 Å². The number of nitrogens with one attached hydrogen (secondary N) is 4. The van der Waals surface area contributed by atoms with E-state index in [1.165, 1.54) is 0 Å². The van der Waals surface area contributed by atoms with Crippen molar-refractivity contribution in [2.24, 2.45) is 5.92 Å². The van der Waals surface area contributed by atoms with Gasteiger partial charge >= 0.3 is 12.1 Å². The molecule has 0 aromatic rings. The van der Waals surface area contributed by atoms with E-state index in [4.69, 9.17) is 0 Å². The van der Waals surface area contributed by atoms with E-state index in [-0.39, 0.29) is 30.3 Å². The minimum Gasteiger partial charge on any atom is -0.317 e. The number of carbonyl (C=O) groups excluding carboxylic acids is 2. The van der Waals surface area contributed by atoms with E-state index < -0.39 is 0 Å². The maximum atomic E-state index is 10.5. The van der Waals surface area contributed by atoms with Crippen LogP contribution in [0.25, 0.3) is 0 Å². The Morgan fingerprint density at radius 2 is 1.33 bits per heavy atom. The molecule has 0 spiro atoms. The van der Waals surface area contributed by atoms with Crippen molar-refractivity contribution in [3.05, 3.63) is 0 Å². The van der Waals surface area contributed by atoms with Crippen LogP contribution in [0.15, 0.2) is 0 Å². The first-order valence-electron chi connectivity index (χ1n) is 3.81. The zero-order valence-electron chi connectivity index (χ0n) is 6.55. The molecule has 0 aromatic heterocycles. The Kier molecular flexibility index (Phi) is 1.36. The fourth-order valence-corrected chi connectivity index (χ4v) is 1.28. The Morgan fingerprint density at radius 1 is 1.00 bits per heavy atom. The summed E-state index contributed by atoms with van der Waals surface area (Å²) in [6, 6.07) is -0.310. The molecule has 4 N–H and O–H groups in total. The standard InChI is InChI=1S/C6H10N4O2/c1-2(3-7-5(11)8-3)4-9-6(12)10-4/h2-4H,1H3,(H2,7,8,11)(H2,9,10,12). The minimum absolute atomic E-state index is 0.0319. The molecule has 0 unspecified atom stereocenters. The molecule has 0 radical (unpaired) electrons. The van der Waals surface area contributed by atoms with E-state index in [2.05, 4.69) is 21.3 Å². The lowest BCUT2D eigenvalue weighted by Crippen LogP contribution is -2.74. The van der Waals surface area contributed by atoms with Gasteiger partial charge in [-0.2, -0.15) is 0 Å². The Morgan fingerprint density at radius 3 is 1.58 bits per heavy atom. The SMILES string of the molecule is CC(C1NC(=O)N1)C1NC(=O)N1. The third kappa shape index (κ3) is 0.956. The Balaban J connectivity index is 1.81. The molecule has 0 bridgehead atoms. The molecule has 6 heteroatoms. The molecule has 2 heterocycles. The second-order valence-electron chi connectivity index (χ2n) is 3.05. The molecular formula is C6H10N4O2. The molecule has 66 valence electrons. The van der Waals surface area contributed by atoms with Gasteiger partial charge in [-0.05, 0) is 0 Å². The van der Waals surface area contributed by atoms with Crippen LogP contribution >= 0.6 is 0 Å². The third-order valence-corrected chi connectivity index (χ3v) is 2.20. The summed E-state index contributed by atoms with van der Waals surface area (Å²) in [5.74, 6) is 0.153. The van der Waals surface area contributed by atoms with Crippen molar-refractivity contribution in [1.82, 2.24) is 21.3 Å². The van der Waals surface area contributed by atoms with Crippen LogP contribution in [-0.4, -0.2) is 24.4 Å². The van der Waals surface area contributed by atoms with Gasteiger partial charge in [-0.25, -0.2) is 9.59 Å². The van der Waals surface area contributed by atoms with E-state index in [0.29, 0.717) is 0 Å². The van der Waals surface area contributed by atoms with Crippen LogP contribution in [0.3, 0.4) is 0 Å². The molecule has 2 aliphatic heterocycles. The fourth-order valence-electron chi connectivity index (χ4n) is 1.28. The molecule has 2 fully saturated rings. The number of hydrogen-bond donors (Lipinski definition) is 4. The van der Waals surface area contributed by atoms with Crippen molar-refractivity contribution in [3.8, 4) is 0 Å². The summed E-state index contributed by atoms with van der Waals surface area (Å²) in [5.41, 5.74) is 0. The molecule has 0 aromatic carbocycles. The van der Waals surface area contributed by atoms with Crippen molar-refractivity contribution in [1.29, 1.82) is 0 Å². The highest BCUT2D eigenvalue weighted by Crippen LogP contribution is 2.12. The maximum absolute atomic E-state index is 10.5. The molecule has 0 saturated carbocycles. The highest BCUT2D eigenvalue weighted by Gasteiger charge is 2.38. The van der Waals surface area contributed by atoms with Gasteiger partial charge in [0.1, 0.15) is 12.3 Å². The fraction of sp³-hybridized carbons (Fsp3) is 0.667. The third-order valence-electron chi connectivity index (χ3n) is 2.20. The lowest BCUT2D eigenvalue weighted by molar-refractivity contribution is 0.146. The average molecular weight is 170 g/mol. The van der Waals surface area contributed by atoms with E-state index in [0.717, 1.165) is 0 Å². The van der Waals surface area contributed by atoms with Crippen molar-refractivity contribution in [3.63, 3.8) is 0 Å². The number of carbonyl (C=O) groups is 2. The van der Waals surface area contributed by atoms with Gasteiger partial charge in [0.25, 0.3) is 0 Å². The summed E-state index contributed by atoms with van der Waals surface area (Å²) in [7, 11) is 0. The smallest absolute Gasteiger partial charge is 0.317 e. The molecule has 2 saturated heterocycles. The summed E-state index contributed by atoms with van der Waals surface area (Å²) in [6.45, 7) is 1.94. The van der Waals surface area contributed by atoms with Gasteiger partial charge in [0.2, 0.25) is 0 Å². The van der Waals surface area contributed by atoms with Crippen molar-refractivity contribution in [2.75, 3.05) is 0 Å². The van der Waals surface area contributed by atoms with Crippen molar-refractivity contribution in [2.45, 2.75) is 19.3 Å². The van der Waals surface area contributed by atoms with Gasteiger partial charge < -0.3 is 21.3 Å². The van der Waals surface area contributed by atoms with E-state index in [9.17, 15) is 9.59 Å². The number of urea groups is 2. The summed E-state index contributed by atoms with van der Waals surface area (Å²) >= 11 is 0. The van der Waals surface area contributed by atoms with Crippen molar-refractivity contribution < 1.29 is 9.59 Å². The zero-order valence-corrected chi connectivity index (χ0v) is 6.55. The molecule has 6 nitrogen and oxygen atoms in total. The molecule has 0 atom stereocenters. The molecule has 2 aliphatic rings. The summed E-state index contributed by atoms with van der Waals surface area (Å²) in [5, 5.41) is 10.7. The van der Waals surface area contributed by atoms with Crippen LogP contribution < -0.4 is 21.3 Å². The van der Waals surface area contributed by atoms with Crippen LogP contribution in [0.5, 0.6) is 0 Å². The largest absolute Gasteiger partial charge is 0.318 e. The predicted octanol–water partition coefficient (Wildman–Crippen LogP) is -1.10. The lowest BCUT2D eigenvalue weighted by Gasteiger charge is -2.41. The maximum Gasteiger partial charge on any atom is 0.318 e. The number of rotatable bonds is 2. The zero-order chi connectivity index (χ0) is 8.72. The second-order valence-corrected chi connectivity index (χ2v) is 3.05. The van der Waals surface area contributed by atoms with E-state index in [1.54, 1.807) is 0 Å². The van der Waals surface area contributed by atoms with E-state index in [1.807, 2.05) is 6.92 Å². The van der Waals surface area contributed by atoms with Crippen LogP contribution in [0.1, 0.15) is 6.92 Å². The van der Waals surface area contributed by atoms with Gasteiger partial charge in [-0.1, -0.05) is 6.92 Å². The molecule has 2 rings (SSSR count).